The van der Waals surface area contributed by atoms with Gasteiger partial charge >= 0.3 is 6.18 Å². The molecular weight excluding hydrogens is 501 g/mol. The van der Waals surface area contributed by atoms with Crippen molar-refractivity contribution in [3.8, 4) is 11.5 Å². The van der Waals surface area contributed by atoms with Crippen molar-refractivity contribution in [3.63, 3.8) is 0 Å². The number of anilines is 2. The SMILES string of the molecule is CC1(c2ccc(C(F)F)cn2)C(=O)Nc2nc(-c3cn4ncnc4c(CCCC(F)(F)F)n3)nc(N)c21. The van der Waals surface area contributed by atoms with Crippen LogP contribution in [0.15, 0.2) is 30.9 Å². The Hall–Kier alpha value is -4.30. The number of nitrogens with two attached hydrogens (primary N) is 1. The Morgan fingerprint density at radius 3 is 2.62 bits per heavy atom. The van der Waals surface area contributed by atoms with Crippen molar-refractivity contribution in [2.45, 2.75) is 44.2 Å². The second-order valence-corrected chi connectivity index (χ2v) is 8.58. The number of hydrogen-bond donors (Lipinski definition) is 2. The van der Waals surface area contributed by atoms with E-state index in [1.54, 1.807) is 0 Å². The minimum atomic E-state index is -4.31. The molecule has 0 radical (unpaired) electrons. The Morgan fingerprint density at radius 2 is 1.95 bits per heavy atom. The summed E-state index contributed by atoms with van der Waals surface area (Å²) in [6, 6.07) is 2.49. The molecule has 0 fully saturated rings. The van der Waals surface area contributed by atoms with Gasteiger partial charge in [0.15, 0.2) is 11.5 Å². The van der Waals surface area contributed by atoms with Crippen LogP contribution in [0.5, 0.6) is 0 Å². The predicted octanol–water partition coefficient (Wildman–Crippen LogP) is 3.64. The van der Waals surface area contributed by atoms with Crippen LogP contribution in [0, 0.1) is 0 Å². The van der Waals surface area contributed by atoms with Gasteiger partial charge in [-0.05, 0) is 31.9 Å². The van der Waals surface area contributed by atoms with Crippen LogP contribution in [0.4, 0.5) is 33.6 Å². The highest BCUT2D eigenvalue weighted by Gasteiger charge is 2.48. The minimum absolute atomic E-state index is 0.00345. The number of nitrogens with zero attached hydrogens (tertiary/aromatic N) is 7. The summed E-state index contributed by atoms with van der Waals surface area (Å²) >= 11 is 0. The van der Waals surface area contributed by atoms with Crippen molar-refractivity contribution in [2.75, 3.05) is 11.1 Å². The smallest absolute Gasteiger partial charge is 0.383 e. The van der Waals surface area contributed by atoms with Gasteiger partial charge in [-0.15, -0.1) is 0 Å². The molecule has 0 aromatic carbocycles. The van der Waals surface area contributed by atoms with E-state index in [1.807, 2.05) is 0 Å². The van der Waals surface area contributed by atoms with Crippen LogP contribution in [-0.4, -0.2) is 46.6 Å². The molecule has 5 heterocycles. The van der Waals surface area contributed by atoms with Gasteiger partial charge in [-0.1, -0.05) is 0 Å². The van der Waals surface area contributed by atoms with Crippen LogP contribution < -0.4 is 11.1 Å². The highest BCUT2D eigenvalue weighted by atomic mass is 19.4. The fourth-order valence-electron chi connectivity index (χ4n) is 4.22. The summed E-state index contributed by atoms with van der Waals surface area (Å²) in [5, 5.41) is 6.66. The highest BCUT2D eigenvalue weighted by Crippen LogP contribution is 2.44. The molecule has 0 aliphatic carbocycles. The maximum atomic E-state index is 13.0. The van der Waals surface area contributed by atoms with Gasteiger partial charge in [0.1, 0.15) is 29.1 Å². The standard InChI is InChI=1S/C22H18F5N9O/c1-21(13-5-4-10(7-29-13)15(23)24)14-16(28)33-17(34-18(14)35-20(21)37)12-8-36-19(30-9-31-36)11(32-12)3-2-6-22(25,26)27/h4-5,7-9,15H,2-3,6H2,1H3,(H3,28,33,34,35,37). The average molecular weight is 519 g/mol. The predicted molar refractivity (Wildman–Crippen MR) is 119 cm³/mol. The van der Waals surface area contributed by atoms with E-state index in [1.165, 1.54) is 36.1 Å². The second kappa shape index (κ2) is 8.67. The molecule has 0 bridgehead atoms. The van der Waals surface area contributed by atoms with Crippen LogP contribution in [0.2, 0.25) is 0 Å². The topological polar surface area (TPSA) is 137 Å². The van der Waals surface area contributed by atoms with E-state index in [4.69, 9.17) is 5.73 Å². The second-order valence-electron chi connectivity index (χ2n) is 8.58. The van der Waals surface area contributed by atoms with Crippen molar-refractivity contribution in [1.29, 1.82) is 0 Å². The van der Waals surface area contributed by atoms with E-state index in [2.05, 4.69) is 35.3 Å². The number of aryl methyl sites for hydroxylation is 1. The largest absolute Gasteiger partial charge is 0.389 e. The van der Waals surface area contributed by atoms with Crippen LogP contribution in [0.3, 0.4) is 0 Å². The zero-order valence-corrected chi connectivity index (χ0v) is 19.1. The van der Waals surface area contributed by atoms with Crippen molar-refractivity contribution in [2.24, 2.45) is 0 Å². The lowest BCUT2D eigenvalue weighted by Crippen LogP contribution is -2.34. The third-order valence-electron chi connectivity index (χ3n) is 6.11. The summed E-state index contributed by atoms with van der Waals surface area (Å²) in [6.07, 6.45) is -4.58. The normalized spacial score (nSPS) is 17.4. The summed E-state index contributed by atoms with van der Waals surface area (Å²) in [7, 11) is 0. The fourth-order valence-corrected chi connectivity index (χ4v) is 4.22. The molecule has 4 aromatic rings. The molecule has 1 atom stereocenters. The summed E-state index contributed by atoms with van der Waals surface area (Å²) in [5.74, 6) is -0.546. The summed E-state index contributed by atoms with van der Waals surface area (Å²) in [5.41, 5.74) is 5.58. The maximum Gasteiger partial charge on any atom is 0.389 e. The molecule has 15 heteroatoms. The highest BCUT2D eigenvalue weighted by molar-refractivity contribution is 6.08. The monoisotopic (exact) mass is 519 g/mol. The van der Waals surface area contributed by atoms with E-state index < -0.39 is 30.3 Å². The maximum absolute atomic E-state index is 13.0. The first-order valence-corrected chi connectivity index (χ1v) is 11.0. The number of hydrogen-bond acceptors (Lipinski definition) is 8. The Balaban J connectivity index is 1.54. The zero-order chi connectivity index (χ0) is 26.5. The van der Waals surface area contributed by atoms with Crippen molar-refractivity contribution in [3.05, 3.63) is 53.4 Å². The third kappa shape index (κ3) is 4.29. The van der Waals surface area contributed by atoms with Crippen LogP contribution in [-0.2, 0) is 16.6 Å². The first kappa shape index (κ1) is 24.4. The van der Waals surface area contributed by atoms with Gasteiger partial charge in [0.2, 0.25) is 5.91 Å². The van der Waals surface area contributed by atoms with Gasteiger partial charge in [0, 0.05) is 18.2 Å². The number of aromatic nitrogens is 7. The molecule has 1 aliphatic rings. The molecular formula is C22H18F5N9O. The number of nitrogen functional groups attached to an aromatic ring is 1. The first-order valence-electron chi connectivity index (χ1n) is 11.0. The molecule has 10 nitrogen and oxygen atoms in total. The fraction of sp³-hybridized carbons (Fsp3) is 0.318. The zero-order valence-electron chi connectivity index (χ0n) is 19.1. The first-order chi connectivity index (χ1) is 17.5. The number of rotatable bonds is 6. The van der Waals surface area contributed by atoms with Gasteiger partial charge in [-0.2, -0.15) is 18.3 Å². The number of carbonyl (C=O) groups is 1. The van der Waals surface area contributed by atoms with E-state index in [9.17, 15) is 26.7 Å². The van der Waals surface area contributed by atoms with Gasteiger partial charge in [-0.3, -0.25) is 9.78 Å². The molecule has 0 saturated carbocycles. The number of pyridine rings is 1. The molecule has 4 aromatic heterocycles. The van der Waals surface area contributed by atoms with E-state index in [0.717, 1.165) is 6.20 Å². The van der Waals surface area contributed by atoms with Gasteiger partial charge in [0.25, 0.3) is 6.43 Å². The van der Waals surface area contributed by atoms with Gasteiger partial charge < -0.3 is 11.1 Å². The number of carbonyl (C=O) groups excluding carboxylic acids is 1. The number of fused-ring (bicyclic) bond motifs is 2. The van der Waals surface area contributed by atoms with Crippen molar-refractivity contribution in [1.82, 2.24) is 34.5 Å². The summed E-state index contributed by atoms with van der Waals surface area (Å²) in [6.45, 7) is 1.52. The lowest BCUT2D eigenvalue weighted by molar-refractivity contribution is -0.135. The average Bonchev–Trinajstić information content (AvgIpc) is 3.41. The Kier molecular flexibility index (Phi) is 5.72. The van der Waals surface area contributed by atoms with E-state index in [0.29, 0.717) is 5.65 Å². The lowest BCUT2D eigenvalue weighted by Gasteiger charge is -2.22. The summed E-state index contributed by atoms with van der Waals surface area (Å²) < 4.78 is 65.2. The molecule has 1 amide bonds. The number of alkyl halides is 5. The lowest BCUT2D eigenvalue weighted by atomic mass is 9.80. The summed E-state index contributed by atoms with van der Waals surface area (Å²) in [4.78, 5) is 34.2. The number of amides is 1. The molecule has 1 unspecified atom stereocenters. The number of halogens is 5. The van der Waals surface area contributed by atoms with Crippen LogP contribution >= 0.6 is 0 Å². The molecule has 0 spiro atoms. The number of nitrogens with one attached hydrogen (secondary N) is 1. The molecule has 192 valence electrons. The Morgan fingerprint density at radius 1 is 1.16 bits per heavy atom. The molecule has 37 heavy (non-hydrogen) atoms. The molecule has 5 rings (SSSR count). The molecule has 1 aliphatic heterocycles. The van der Waals surface area contributed by atoms with E-state index >= 15 is 0 Å². The Labute approximate surface area is 205 Å². The quantitative estimate of drug-likeness (QED) is 0.369. The third-order valence-corrected chi connectivity index (χ3v) is 6.11. The van der Waals surface area contributed by atoms with Crippen molar-refractivity contribution < 1.29 is 26.7 Å². The molecule has 3 N–H and O–H groups in total. The minimum Gasteiger partial charge on any atom is -0.383 e. The van der Waals surface area contributed by atoms with E-state index in [-0.39, 0.29) is 58.5 Å². The Bertz CT molecular complexity index is 1500. The van der Waals surface area contributed by atoms with Gasteiger partial charge in [-0.25, -0.2) is 33.2 Å². The molecule has 0 saturated heterocycles. The van der Waals surface area contributed by atoms with Crippen molar-refractivity contribution >= 4 is 23.2 Å². The van der Waals surface area contributed by atoms with Crippen LogP contribution in [0.1, 0.15) is 48.7 Å². The van der Waals surface area contributed by atoms with Crippen LogP contribution in [0.25, 0.3) is 17.2 Å². The van der Waals surface area contributed by atoms with Gasteiger partial charge in [0.05, 0.1) is 23.1 Å².